The van der Waals surface area contributed by atoms with Crippen molar-refractivity contribution >= 4 is 17.5 Å². The third-order valence-electron chi connectivity index (χ3n) is 4.53. The number of aryl methyl sites for hydroxylation is 1. The van der Waals surface area contributed by atoms with E-state index in [1.807, 2.05) is 26.8 Å². The average molecular weight is 324 g/mol. The molecule has 0 spiro atoms. The maximum absolute atomic E-state index is 12.7. The molecule has 1 atom stereocenters. The number of rotatable bonds is 4. The van der Waals surface area contributed by atoms with Crippen molar-refractivity contribution in [3.63, 3.8) is 0 Å². The third-order valence-corrected chi connectivity index (χ3v) is 4.53. The molecular formula is C19H24N4O. The summed E-state index contributed by atoms with van der Waals surface area (Å²) in [5.41, 5.74) is 3.72. The van der Waals surface area contributed by atoms with Gasteiger partial charge in [-0.1, -0.05) is 18.2 Å². The van der Waals surface area contributed by atoms with Gasteiger partial charge in [-0.15, -0.1) is 0 Å². The lowest BCUT2D eigenvalue weighted by Crippen LogP contribution is -2.32. The Balaban J connectivity index is 2.02. The number of carbonyl (C=O) groups is 1. The number of para-hydroxylation sites is 1. The molecule has 5 nitrogen and oxygen atoms in total. The minimum Gasteiger partial charge on any atom is -0.338 e. The Morgan fingerprint density at radius 3 is 2.67 bits per heavy atom. The highest BCUT2D eigenvalue weighted by atomic mass is 16.2. The second-order valence-electron chi connectivity index (χ2n) is 6.22. The largest absolute Gasteiger partial charge is 0.338 e. The summed E-state index contributed by atoms with van der Waals surface area (Å²) in [6.07, 6.45) is 0.965. The fraction of sp³-hybridized carbons (Fsp3) is 0.421. The van der Waals surface area contributed by atoms with Gasteiger partial charge >= 0.3 is 0 Å². The van der Waals surface area contributed by atoms with Crippen molar-refractivity contribution in [3.05, 3.63) is 47.3 Å². The van der Waals surface area contributed by atoms with Crippen LogP contribution >= 0.6 is 0 Å². The minimum absolute atomic E-state index is 0.0353. The molecule has 1 amide bonds. The van der Waals surface area contributed by atoms with Crippen molar-refractivity contribution in [1.82, 2.24) is 14.9 Å². The van der Waals surface area contributed by atoms with E-state index in [0.29, 0.717) is 24.7 Å². The Morgan fingerprint density at radius 2 is 1.96 bits per heavy atom. The number of hydrogen-bond acceptors (Lipinski definition) is 4. The van der Waals surface area contributed by atoms with Gasteiger partial charge in [0.25, 0.3) is 5.91 Å². The number of hydrogen-bond donors (Lipinski definition) is 0. The lowest BCUT2D eigenvalue weighted by atomic mass is 10.1. The Kier molecular flexibility index (Phi) is 4.51. The van der Waals surface area contributed by atoms with Gasteiger partial charge < -0.3 is 9.80 Å². The summed E-state index contributed by atoms with van der Waals surface area (Å²) < 4.78 is 0. The molecule has 1 aromatic carbocycles. The quantitative estimate of drug-likeness (QED) is 0.865. The summed E-state index contributed by atoms with van der Waals surface area (Å²) in [5.74, 6) is 0.579. The summed E-state index contributed by atoms with van der Waals surface area (Å²) in [6.45, 7) is 9.39. The standard InChI is InChI=1S/C19H24N4O/c1-5-22(6-2)18(24)16-11-13(3)20-19(21-16)23-14(4)12-15-9-7-8-10-17(15)23/h7-11,14H,5-6,12H2,1-4H3. The highest BCUT2D eigenvalue weighted by Gasteiger charge is 2.29. The Bertz CT molecular complexity index is 755. The van der Waals surface area contributed by atoms with Gasteiger partial charge in [0.15, 0.2) is 0 Å². The molecule has 0 fully saturated rings. The van der Waals surface area contributed by atoms with Gasteiger partial charge in [0.05, 0.1) is 0 Å². The van der Waals surface area contributed by atoms with E-state index >= 15 is 0 Å². The smallest absolute Gasteiger partial charge is 0.272 e. The first-order chi connectivity index (χ1) is 11.5. The van der Waals surface area contributed by atoms with E-state index in [0.717, 1.165) is 17.8 Å². The van der Waals surface area contributed by atoms with Crippen molar-refractivity contribution in [2.24, 2.45) is 0 Å². The van der Waals surface area contributed by atoms with Crippen LogP contribution in [0.2, 0.25) is 0 Å². The zero-order valence-electron chi connectivity index (χ0n) is 14.8. The lowest BCUT2D eigenvalue weighted by molar-refractivity contribution is 0.0767. The number of nitrogens with zero attached hydrogens (tertiary/aromatic N) is 4. The van der Waals surface area contributed by atoms with Crippen LogP contribution < -0.4 is 4.90 Å². The van der Waals surface area contributed by atoms with Gasteiger partial charge in [0.2, 0.25) is 5.95 Å². The first kappa shape index (κ1) is 16.4. The third kappa shape index (κ3) is 2.86. The van der Waals surface area contributed by atoms with Gasteiger partial charge in [-0.25, -0.2) is 9.97 Å². The first-order valence-corrected chi connectivity index (χ1v) is 8.57. The van der Waals surface area contributed by atoms with E-state index in [4.69, 9.17) is 0 Å². The molecule has 2 aromatic rings. The summed E-state index contributed by atoms with van der Waals surface area (Å²) in [7, 11) is 0. The van der Waals surface area contributed by atoms with Crippen LogP contribution in [-0.2, 0) is 6.42 Å². The predicted octanol–water partition coefficient (Wildman–Crippen LogP) is 3.35. The molecule has 0 radical (unpaired) electrons. The fourth-order valence-electron chi connectivity index (χ4n) is 3.31. The van der Waals surface area contributed by atoms with Gasteiger partial charge in [0.1, 0.15) is 5.69 Å². The van der Waals surface area contributed by atoms with Crippen LogP contribution in [0.4, 0.5) is 11.6 Å². The molecule has 5 heteroatoms. The minimum atomic E-state index is -0.0353. The lowest BCUT2D eigenvalue weighted by Gasteiger charge is -2.24. The van der Waals surface area contributed by atoms with E-state index < -0.39 is 0 Å². The summed E-state index contributed by atoms with van der Waals surface area (Å²) in [5, 5.41) is 0. The molecule has 1 aromatic heterocycles. The van der Waals surface area contributed by atoms with E-state index in [2.05, 4.69) is 40.0 Å². The van der Waals surface area contributed by atoms with Crippen molar-refractivity contribution in [2.75, 3.05) is 18.0 Å². The highest BCUT2D eigenvalue weighted by Crippen LogP contribution is 2.36. The summed E-state index contributed by atoms with van der Waals surface area (Å²) in [4.78, 5) is 25.8. The van der Waals surface area contributed by atoms with Crippen LogP contribution in [-0.4, -0.2) is 39.9 Å². The topological polar surface area (TPSA) is 49.3 Å². The van der Waals surface area contributed by atoms with Gasteiger partial charge in [-0.2, -0.15) is 0 Å². The van der Waals surface area contributed by atoms with Crippen molar-refractivity contribution in [2.45, 2.75) is 40.2 Å². The molecular weight excluding hydrogens is 300 g/mol. The number of anilines is 2. The van der Waals surface area contributed by atoms with E-state index in [-0.39, 0.29) is 11.9 Å². The number of benzene rings is 1. The molecule has 1 aliphatic rings. The second kappa shape index (κ2) is 6.59. The first-order valence-electron chi connectivity index (χ1n) is 8.57. The fourth-order valence-corrected chi connectivity index (χ4v) is 3.31. The summed E-state index contributed by atoms with van der Waals surface area (Å²) in [6, 6.07) is 10.4. The summed E-state index contributed by atoms with van der Waals surface area (Å²) >= 11 is 0. The normalized spacial score (nSPS) is 16.2. The van der Waals surface area contributed by atoms with E-state index in [1.54, 1.807) is 11.0 Å². The number of amides is 1. The van der Waals surface area contributed by atoms with Crippen LogP contribution in [0.3, 0.4) is 0 Å². The number of aromatic nitrogens is 2. The zero-order chi connectivity index (χ0) is 17.3. The molecule has 0 N–H and O–H groups in total. The van der Waals surface area contributed by atoms with Crippen LogP contribution in [0.25, 0.3) is 0 Å². The monoisotopic (exact) mass is 324 g/mol. The highest BCUT2D eigenvalue weighted by molar-refractivity contribution is 5.92. The molecule has 0 bridgehead atoms. The molecule has 126 valence electrons. The van der Waals surface area contributed by atoms with E-state index in [1.165, 1.54) is 5.56 Å². The zero-order valence-corrected chi connectivity index (χ0v) is 14.8. The molecule has 0 saturated carbocycles. The van der Waals surface area contributed by atoms with Crippen molar-refractivity contribution < 1.29 is 4.79 Å². The maximum atomic E-state index is 12.7. The maximum Gasteiger partial charge on any atom is 0.272 e. The van der Waals surface area contributed by atoms with Crippen LogP contribution in [0.1, 0.15) is 42.5 Å². The molecule has 0 aliphatic carbocycles. The predicted molar refractivity (Wildman–Crippen MR) is 95.8 cm³/mol. The molecule has 1 aliphatic heterocycles. The Hall–Kier alpha value is -2.43. The van der Waals surface area contributed by atoms with Gasteiger partial charge in [-0.05, 0) is 51.8 Å². The second-order valence-corrected chi connectivity index (χ2v) is 6.22. The number of fused-ring (bicyclic) bond motifs is 1. The SMILES string of the molecule is CCN(CC)C(=O)c1cc(C)nc(N2c3ccccc3CC2C)n1. The van der Waals surface area contributed by atoms with Crippen LogP contribution in [0.5, 0.6) is 0 Å². The number of carbonyl (C=O) groups excluding carboxylic acids is 1. The van der Waals surface area contributed by atoms with Crippen molar-refractivity contribution in [3.8, 4) is 0 Å². The van der Waals surface area contributed by atoms with Gasteiger partial charge in [0, 0.05) is 30.5 Å². The molecule has 24 heavy (non-hydrogen) atoms. The molecule has 2 heterocycles. The van der Waals surface area contributed by atoms with Crippen LogP contribution in [0, 0.1) is 6.92 Å². The molecule has 1 unspecified atom stereocenters. The molecule has 3 rings (SSSR count). The molecule has 0 saturated heterocycles. The Labute approximate surface area is 143 Å². The van der Waals surface area contributed by atoms with Crippen LogP contribution in [0.15, 0.2) is 30.3 Å². The van der Waals surface area contributed by atoms with Crippen molar-refractivity contribution in [1.29, 1.82) is 0 Å². The average Bonchev–Trinajstić information content (AvgIpc) is 2.91. The Morgan fingerprint density at radius 1 is 1.25 bits per heavy atom. The van der Waals surface area contributed by atoms with E-state index in [9.17, 15) is 4.79 Å². The van der Waals surface area contributed by atoms with Gasteiger partial charge in [-0.3, -0.25) is 4.79 Å².